The standard InChI is InChI=1S/C19H27N3O4S/c1-19(2,3)26-18(25)20-12-8-7-9-13-16(23)22(17(24)21-13)14-10-5-6-11-15(14)27-4/h5-6,10-11,13H,7-9,12H2,1-4H3,(H,20,25)(H,21,24)/t13-/m0/s1. The fraction of sp³-hybridized carbons (Fsp3) is 0.526. The summed E-state index contributed by atoms with van der Waals surface area (Å²) in [5.41, 5.74) is 0.0860. The van der Waals surface area contributed by atoms with E-state index in [-0.39, 0.29) is 5.91 Å². The Bertz CT molecular complexity index is 702. The first kappa shape index (κ1) is 21.1. The molecule has 0 aromatic heterocycles. The lowest BCUT2D eigenvalue weighted by atomic mass is 10.1. The summed E-state index contributed by atoms with van der Waals surface area (Å²) < 4.78 is 5.16. The van der Waals surface area contributed by atoms with Crippen LogP contribution < -0.4 is 15.5 Å². The van der Waals surface area contributed by atoms with E-state index in [0.717, 1.165) is 4.90 Å². The molecule has 148 valence electrons. The maximum Gasteiger partial charge on any atom is 0.407 e. The molecule has 2 rings (SSSR count). The first-order valence-electron chi connectivity index (χ1n) is 8.97. The zero-order chi connectivity index (χ0) is 20.0. The first-order chi connectivity index (χ1) is 12.7. The highest BCUT2D eigenvalue weighted by Gasteiger charge is 2.39. The molecular weight excluding hydrogens is 366 g/mol. The molecule has 27 heavy (non-hydrogen) atoms. The lowest BCUT2D eigenvalue weighted by molar-refractivity contribution is -0.118. The maximum atomic E-state index is 12.7. The summed E-state index contributed by atoms with van der Waals surface area (Å²) in [6, 6.07) is 6.42. The molecule has 2 N–H and O–H groups in total. The minimum Gasteiger partial charge on any atom is -0.444 e. The van der Waals surface area contributed by atoms with E-state index in [1.54, 1.807) is 6.07 Å². The van der Waals surface area contributed by atoms with E-state index in [1.165, 1.54) is 16.7 Å². The molecule has 4 amide bonds. The number of amides is 4. The number of benzene rings is 1. The molecule has 7 nitrogen and oxygen atoms in total. The molecule has 1 atom stereocenters. The fourth-order valence-electron chi connectivity index (χ4n) is 2.75. The van der Waals surface area contributed by atoms with Gasteiger partial charge in [-0.25, -0.2) is 14.5 Å². The monoisotopic (exact) mass is 393 g/mol. The number of nitrogens with one attached hydrogen (secondary N) is 2. The fourth-order valence-corrected chi connectivity index (χ4v) is 3.33. The second kappa shape index (κ2) is 9.12. The van der Waals surface area contributed by atoms with Crippen LogP contribution in [0.2, 0.25) is 0 Å². The molecule has 0 saturated carbocycles. The van der Waals surface area contributed by atoms with Crippen LogP contribution in [0.4, 0.5) is 15.3 Å². The minimum atomic E-state index is -0.533. The lowest BCUT2D eigenvalue weighted by Crippen LogP contribution is -2.33. The van der Waals surface area contributed by atoms with Gasteiger partial charge in [-0.05, 0) is 58.4 Å². The van der Waals surface area contributed by atoms with Crippen molar-refractivity contribution in [3.8, 4) is 0 Å². The molecule has 1 saturated heterocycles. The number of urea groups is 1. The van der Waals surface area contributed by atoms with Gasteiger partial charge in [-0.3, -0.25) is 4.79 Å². The van der Waals surface area contributed by atoms with E-state index in [2.05, 4.69) is 10.6 Å². The van der Waals surface area contributed by atoms with Crippen LogP contribution in [-0.2, 0) is 9.53 Å². The third-order valence-electron chi connectivity index (χ3n) is 3.93. The zero-order valence-corrected chi connectivity index (χ0v) is 17.0. The number of imide groups is 1. The number of hydrogen-bond donors (Lipinski definition) is 2. The van der Waals surface area contributed by atoms with Gasteiger partial charge in [0.1, 0.15) is 11.6 Å². The molecule has 0 unspecified atom stereocenters. The van der Waals surface area contributed by atoms with Crippen LogP contribution >= 0.6 is 11.8 Å². The molecule has 0 aliphatic carbocycles. The quantitative estimate of drug-likeness (QED) is 0.420. The van der Waals surface area contributed by atoms with Crippen molar-refractivity contribution in [3.63, 3.8) is 0 Å². The predicted molar refractivity (Wildman–Crippen MR) is 106 cm³/mol. The number of nitrogens with zero attached hydrogens (tertiary/aromatic N) is 1. The van der Waals surface area contributed by atoms with Gasteiger partial charge < -0.3 is 15.4 Å². The topological polar surface area (TPSA) is 87.7 Å². The minimum absolute atomic E-state index is 0.235. The number of ether oxygens (including phenoxy) is 1. The van der Waals surface area contributed by atoms with E-state index >= 15 is 0 Å². The molecule has 1 heterocycles. The molecule has 1 aromatic carbocycles. The summed E-state index contributed by atoms with van der Waals surface area (Å²) in [5.74, 6) is -0.235. The van der Waals surface area contributed by atoms with Crippen LogP contribution in [0.15, 0.2) is 29.2 Å². The molecule has 0 bridgehead atoms. The summed E-state index contributed by atoms with van der Waals surface area (Å²) >= 11 is 1.49. The Morgan fingerprint density at radius 2 is 1.96 bits per heavy atom. The third kappa shape index (κ3) is 5.89. The Labute approximate surface area is 164 Å². The highest BCUT2D eigenvalue weighted by Crippen LogP contribution is 2.31. The van der Waals surface area contributed by atoms with Gasteiger partial charge in [0.2, 0.25) is 0 Å². The summed E-state index contributed by atoms with van der Waals surface area (Å²) in [6.45, 7) is 5.88. The smallest absolute Gasteiger partial charge is 0.407 e. The zero-order valence-electron chi connectivity index (χ0n) is 16.2. The van der Waals surface area contributed by atoms with Gasteiger partial charge in [-0.2, -0.15) is 0 Å². The maximum absolute atomic E-state index is 12.7. The number of carbonyl (C=O) groups excluding carboxylic acids is 3. The number of hydrogen-bond acceptors (Lipinski definition) is 5. The number of thioether (sulfide) groups is 1. The van der Waals surface area contributed by atoms with E-state index < -0.39 is 23.8 Å². The summed E-state index contributed by atoms with van der Waals surface area (Å²) in [4.78, 5) is 38.6. The number of carbonyl (C=O) groups is 3. The molecule has 1 aliphatic rings. The molecule has 0 radical (unpaired) electrons. The average Bonchev–Trinajstić information content (AvgIpc) is 2.86. The Kier molecular flexibility index (Phi) is 7.12. The highest BCUT2D eigenvalue weighted by atomic mass is 32.2. The normalized spacial score (nSPS) is 17.0. The van der Waals surface area contributed by atoms with Crippen LogP contribution in [-0.4, -0.2) is 42.5 Å². The Morgan fingerprint density at radius 3 is 2.63 bits per heavy atom. The first-order valence-corrected chi connectivity index (χ1v) is 10.2. The second-order valence-corrected chi connectivity index (χ2v) is 8.12. The predicted octanol–water partition coefficient (Wildman–Crippen LogP) is 3.53. The summed E-state index contributed by atoms with van der Waals surface area (Å²) in [5, 5.41) is 5.44. The van der Waals surface area contributed by atoms with E-state index in [1.807, 2.05) is 45.2 Å². The molecule has 8 heteroatoms. The van der Waals surface area contributed by atoms with Crippen LogP contribution in [0.3, 0.4) is 0 Å². The van der Waals surface area contributed by atoms with E-state index in [0.29, 0.717) is 31.5 Å². The van der Waals surface area contributed by atoms with Crippen molar-refractivity contribution in [3.05, 3.63) is 24.3 Å². The van der Waals surface area contributed by atoms with E-state index in [4.69, 9.17) is 4.74 Å². The van der Waals surface area contributed by atoms with Crippen molar-refractivity contribution in [1.29, 1.82) is 0 Å². The van der Waals surface area contributed by atoms with Gasteiger partial charge in [0.05, 0.1) is 5.69 Å². The lowest BCUT2D eigenvalue weighted by Gasteiger charge is -2.19. The van der Waals surface area contributed by atoms with Gasteiger partial charge in [0, 0.05) is 11.4 Å². The molecular formula is C19H27N3O4S. The average molecular weight is 394 g/mol. The van der Waals surface area contributed by atoms with Crippen LogP contribution in [0.1, 0.15) is 40.0 Å². The number of para-hydroxylation sites is 1. The van der Waals surface area contributed by atoms with Crippen LogP contribution in [0.25, 0.3) is 0 Å². The van der Waals surface area contributed by atoms with Crippen molar-refractivity contribution < 1.29 is 19.1 Å². The van der Waals surface area contributed by atoms with Gasteiger partial charge in [0.25, 0.3) is 5.91 Å². The van der Waals surface area contributed by atoms with Gasteiger partial charge in [-0.15, -0.1) is 11.8 Å². The van der Waals surface area contributed by atoms with Gasteiger partial charge in [-0.1, -0.05) is 12.1 Å². The Hall–Kier alpha value is -2.22. The van der Waals surface area contributed by atoms with Crippen molar-refractivity contribution in [2.24, 2.45) is 0 Å². The number of unbranched alkanes of at least 4 members (excludes halogenated alkanes) is 1. The van der Waals surface area contributed by atoms with Crippen molar-refractivity contribution >= 4 is 35.5 Å². The van der Waals surface area contributed by atoms with E-state index in [9.17, 15) is 14.4 Å². The highest BCUT2D eigenvalue weighted by molar-refractivity contribution is 7.98. The Morgan fingerprint density at radius 1 is 1.26 bits per heavy atom. The van der Waals surface area contributed by atoms with Crippen molar-refractivity contribution in [2.75, 3.05) is 17.7 Å². The van der Waals surface area contributed by atoms with Gasteiger partial charge >= 0.3 is 12.1 Å². The Balaban J connectivity index is 1.81. The van der Waals surface area contributed by atoms with Crippen molar-refractivity contribution in [1.82, 2.24) is 10.6 Å². The molecule has 1 fully saturated rings. The third-order valence-corrected chi connectivity index (χ3v) is 4.72. The van der Waals surface area contributed by atoms with Gasteiger partial charge in [0.15, 0.2) is 0 Å². The molecule has 0 spiro atoms. The van der Waals surface area contributed by atoms with Crippen LogP contribution in [0, 0.1) is 0 Å². The number of rotatable bonds is 7. The number of anilines is 1. The largest absolute Gasteiger partial charge is 0.444 e. The number of alkyl carbamates (subject to hydrolysis) is 1. The van der Waals surface area contributed by atoms with Crippen molar-refractivity contribution in [2.45, 2.75) is 56.6 Å². The summed E-state index contributed by atoms with van der Waals surface area (Å²) in [6.07, 6.45) is 3.38. The molecule has 1 aromatic rings. The molecule has 1 aliphatic heterocycles. The SMILES string of the molecule is CSc1ccccc1N1C(=O)N[C@@H](CCCCNC(=O)OC(C)(C)C)C1=O. The summed E-state index contributed by atoms with van der Waals surface area (Å²) in [7, 11) is 0. The van der Waals surface area contributed by atoms with Crippen LogP contribution in [0.5, 0.6) is 0 Å². The second-order valence-electron chi connectivity index (χ2n) is 7.27.